The molecule has 0 radical (unpaired) electrons. The average Bonchev–Trinajstić information content (AvgIpc) is 2.49. The molecular formula is C19H18ClNO2. The van der Waals surface area contributed by atoms with Crippen LogP contribution in [0.25, 0.3) is 6.08 Å². The molecular weight excluding hydrogens is 310 g/mol. The number of hydrogen-bond donors (Lipinski definition) is 1. The third-order valence-electron chi connectivity index (χ3n) is 3.71. The van der Waals surface area contributed by atoms with Crippen LogP contribution in [0.1, 0.15) is 31.9 Å². The van der Waals surface area contributed by atoms with Crippen molar-refractivity contribution in [2.24, 2.45) is 0 Å². The van der Waals surface area contributed by atoms with Crippen LogP contribution in [0.5, 0.6) is 5.75 Å². The molecule has 3 nitrogen and oxygen atoms in total. The van der Waals surface area contributed by atoms with Gasteiger partial charge in [0, 0.05) is 5.02 Å². The van der Waals surface area contributed by atoms with Gasteiger partial charge >= 0.3 is 0 Å². The Bertz CT molecular complexity index is 786. The maximum absolute atomic E-state index is 12.3. The second kappa shape index (κ2) is 5.74. The molecule has 4 heteroatoms. The largest absolute Gasteiger partial charge is 0.449 e. The molecule has 23 heavy (non-hydrogen) atoms. The van der Waals surface area contributed by atoms with Crippen molar-refractivity contribution in [3.8, 4) is 5.75 Å². The Labute approximate surface area is 140 Å². The fourth-order valence-corrected chi connectivity index (χ4v) is 2.46. The number of amides is 1. The van der Waals surface area contributed by atoms with Gasteiger partial charge in [-0.15, -0.1) is 0 Å². The molecule has 0 aromatic heterocycles. The molecule has 1 aliphatic rings. The fraction of sp³-hybridized carbons (Fsp3) is 0.211. The van der Waals surface area contributed by atoms with Crippen LogP contribution in [0.2, 0.25) is 5.02 Å². The van der Waals surface area contributed by atoms with E-state index >= 15 is 0 Å². The molecule has 1 amide bonds. The van der Waals surface area contributed by atoms with Gasteiger partial charge in [0.05, 0.1) is 5.69 Å². The van der Waals surface area contributed by atoms with Gasteiger partial charge in [0.25, 0.3) is 5.91 Å². The first kappa shape index (κ1) is 15.6. The average molecular weight is 328 g/mol. The van der Waals surface area contributed by atoms with E-state index in [1.807, 2.05) is 30.3 Å². The molecule has 0 aliphatic carbocycles. The first-order chi connectivity index (χ1) is 10.8. The smallest absolute Gasteiger partial charge is 0.291 e. The highest BCUT2D eigenvalue weighted by molar-refractivity contribution is 6.30. The summed E-state index contributed by atoms with van der Waals surface area (Å²) in [6, 6.07) is 13.1. The van der Waals surface area contributed by atoms with Gasteiger partial charge in [-0.1, -0.05) is 50.6 Å². The van der Waals surface area contributed by atoms with Gasteiger partial charge in [-0.25, -0.2) is 0 Å². The van der Waals surface area contributed by atoms with Crippen molar-refractivity contribution in [2.45, 2.75) is 26.2 Å². The fourth-order valence-electron chi connectivity index (χ4n) is 2.34. The predicted molar refractivity (Wildman–Crippen MR) is 93.8 cm³/mol. The second-order valence-corrected chi connectivity index (χ2v) is 7.01. The first-order valence-electron chi connectivity index (χ1n) is 7.44. The van der Waals surface area contributed by atoms with E-state index in [1.54, 1.807) is 18.2 Å². The van der Waals surface area contributed by atoms with Crippen molar-refractivity contribution in [3.63, 3.8) is 0 Å². The summed E-state index contributed by atoms with van der Waals surface area (Å²) in [5.41, 5.74) is 2.72. The molecule has 2 aromatic carbocycles. The van der Waals surface area contributed by atoms with E-state index in [2.05, 4.69) is 26.1 Å². The second-order valence-electron chi connectivity index (χ2n) is 6.58. The summed E-state index contributed by atoms with van der Waals surface area (Å²) >= 11 is 5.87. The van der Waals surface area contributed by atoms with E-state index in [1.165, 1.54) is 0 Å². The molecule has 0 unspecified atom stereocenters. The van der Waals surface area contributed by atoms with Gasteiger partial charge in [0.1, 0.15) is 0 Å². The molecule has 0 fully saturated rings. The highest BCUT2D eigenvalue weighted by Gasteiger charge is 2.24. The van der Waals surface area contributed by atoms with Gasteiger partial charge in [0.15, 0.2) is 11.5 Å². The maximum Gasteiger partial charge on any atom is 0.291 e. The van der Waals surface area contributed by atoms with Crippen LogP contribution >= 0.6 is 11.6 Å². The lowest BCUT2D eigenvalue weighted by atomic mass is 9.86. The van der Waals surface area contributed by atoms with E-state index < -0.39 is 0 Å². The number of benzene rings is 2. The number of anilines is 1. The lowest BCUT2D eigenvalue weighted by Gasteiger charge is -2.24. The van der Waals surface area contributed by atoms with Crippen LogP contribution in [0.3, 0.4) is 0 Å². The number of carbonyl (C=O) groups is 1. The lowest BCUT2D eigenvalue weighted by Crippen LogP contribution is -2.24. The van der Waals surface area contributed by atoms with Crippen molar-refractivity contribution < 1.29 is 9.53 Å². The van der Waals surface area contributed by atoms with Crippen LogP contribution in [-0.2, 0) is 10.2 Å². The third kappa shape index (κ3) is 3.40. The minimum Gasteiger partial charge on any atom is -0.449 e. The van der Waals surface area contributed by atoms with Crippen LogP contribution in [0.15, 0.2) is 48.2 Å². The molecule has 1 aliphatic heterocycles. The maximum atomic E-state index is 12.3. The highest BCUT2D eigenvalue weighted by Crippen LogP contribution is 2.35. The number of nitrogens with one attached hydrogen (secondary N) is 1. The molecule has 3 rings (SSSR count). The van der Waals surface area contributed by atoms with Gasteiger partial charge < -0.3 is 10.1 Å². The zero-order valence-electron chi connectivity index (χ0n) is 13.3. The Morgan fingerprint density at radius 2 is 1.78 bits per heavy atom. The standard InChI is InChI=1S/C19H18ClNO2/c1-19(2,3)13-6-9-16-15(11-13)21-18(22)17(23-16)10-12-4-7-14(20)8-5-12/h4-11H,1-3H3,(H,21,22)/b17-10-. The first-order valence-corrected chi connectivity index (χ1v) is 7.82. The number of fused-ring (bicyclic) bond motifs is 1. The molecule has 118 valence electrons. The zero-order valence-corrected chi connectivity index (χ0v) is 14.1. The van der Waals surface area contributed by atoms with Crippen LogP contribution in [0.4, 0.5) is 5.69 Å². The van der Waals surface area contributed by atoms with E-state index in [4.69, 9.17) is 16.3 Å². The quantitative estimate of drug-likeness (QED) is 0.748. The number of ether oxygens (including phenoxy) is 1. The summed E-state index contributed by atoms with van der Waals surface area (Å²) in [7, 11) is 0. The Balaban J connectivity index is 1.92. The van der Waals surface area contributed by atoms with E-state index in [0.29, 0.717) is 16.5 Å². The summed E-state index contributed by atoms with van der Waals surface area (Å²) < 4.78 is 5.76. The van der Waals surface area contributed by atoms with E-state index in [9.17, 15) is 4.79 Å². The van der Waals surface area contributed by atoms with Gasteiger partial charge in [0.2, 0.25) is 0 Å². The zero-order chi connectivity index (χ0) is 16.6. The Kier molecular flexibility index (Phi) is 3.90. The van der Waals surface area contributed by atoms with Crippen LogP contribution in [-0.4, -0.2) is 5.91 Å². The summed E-state index contributed by atoms with van der Waals surface area (Å²) in [4.78, 5) is 12.3. The topological polar surface area (TPSA) is 38.3 Å². The van der Waals surface area contributed by atoms with E-state index in [0.717, 1.165) is 11.1 Å². The molecule has 0 spiro atoms. The summed E-state index contributed by atoms with van der Waals surface area (Å²) in [6.07, 6.45) is 1.70. The van der Waals surface area contributed by atoms with Gasteiger partial charge in [-0.3, -0.25) is 4.79 Å². The van der Waals surface area contributed by atoms with Crippen molar-refractivity contribution >= 4 is 29.3 Å². The van der Waals surface area contributed by atoms with Crippen molar-refractivity contribution in [2.75, 3.05) is 5.32 Å². The summed E-state index contributed by atoms with van der Waals surface area (Å²) in [5, 5.41) is 3.55. The Morgan fingerprint density at radius 3 is 2.43 bits per heavy atom. The minimum atomic E-state index is -0.251. The third-order valence-corrected chi connectivity index (χ3v) is 3.96. The monoisotopic (exact) mass is 327 g/mol. The Hall–Kier alpha value is -2.26. The molecule has 0 saturated heterocycles. The molecule has 0 saturated carbocycles. The normalized spacial score (nSPS) is 15.8. The molecule has 0 atom stereocenters. The van der Waals surface area contributed by atoms with Crippen molar-refractivity contribution in [3.05, 3.63) is 64.4 Å². The molecule has 1 N–H and O–H groups in total. The highest BCUT2D eigenvalue weighted by atomic mass is 35.5. The lowest BCUT2D eigenvalue weighted by molar-refractivity contribution is -0.115. The van der Waals surface area contributed by atoms with Gasteiger partial charge in [-0.05, 0) is 46.9 Å². The molecule has 1 heterocycles. The predicted octanol–water partition coefficient (Wildman–Crippen LogP) is 5.01. The SMILES string of the molecule is CC(C)(C)c1ccc2c(c1)NC(=O)/C(=C/c1ccc(Cl)cc1)O2. The van der Waals surface area contributed by atoms with Crippen LogP contribution < -0.4 is 10.1 Å². The Morgan fingerprint density at radius 1 is 1.09 bits per heavy atom. The minimum absolute atomic E-state index is 0.0131. The molecule has 0 bridgehead atoms. The van der Waals surface area contributed by atoms with Crippen LogP contribution in [0, 0.1) is 0 Å². The molecule has 2 aromatic rings. The number of hydrogen-bond acceptors (Lipinski definition) is 2. The van der Waals surface area contributed by atoms with E-state index in [-0.39, 0.29) is 17.1 Å². The number of halogens is 1. The summed E-state index contributed by atoms with van der Waals surface area (Å²) in [5.74, 6) is 0.666. The number of carbonyl (C=O) groups excluding carboxylic acids is 1. The van der Waals surface area contributed by atoms with Gasteiger partial charge in [-0.2, -0.15) is 0 Å². The summed E-state index contributed by atoms with van der Waals surface area (Å²) in [6.45, 7) is 6.39. The van der Waals surface area contributed by atoms with Crippen molar-refractivity contribution in [1.29, 1.82) is 0 Å². The number of rotatable bonds is 1. The van der Waals surface area contributed by atoms with Crippen molar-refractivity contribution in [1.82, 2.24) is 0 Å².